The monoisotopic (exact) mass is 369 g/mol. The van der Waals surface area contributed by atoms with Gasteiger partial charge in [-0.05, 0) is 18.2 Å². The third-order valence-electron chi connectivity index (χ3n) is 3.51. The second kappa shape index (κ2) is 7.75. The van der Waals surface area contributed by atoms with Crippen molar-refractivity contribution in [1.82, 2.24) is 4.57 Å². The van der Waals surface area contributed by atoms with Crippen LogP contribution < -0.4 is 9.54 Å². The van der Waals surface area contributed by atoms with Gasteiger partial charge in [-0.1, -0.05) is 35.6 Å². The van der Waals surface area contributed by atoms with Gasteiger partial charge in [-0.15, -0.1) is 6.58 Å². The molecule has 0 atom stereocenters. The van der Waals surface area contributed by atoms with Crippen LogP contribution in [0.15, 0.2) is 66.2 Å². The van der Waals surface area contributed by atoms with Crippen molar-refractivity contribution in [3.05, 3.63) is 76.1 Å². The molecule has 0 aliphatic heterocycles. The van der Waals surface area contributed by atoms with Crippen molar-refractivity contribution in [2.24, 2.45) is 4.99 Å². The van der Waals surface area contributed by atoms with E-state index in [1.807, 2.05) is 18.2 Å². The molecule has 0 saturated carbocycles. The summed E-state index contributed by atoms with van der Waals surface area (Å²) >= 11 is 1.21. The van der Waals surface area contributed by atoms with Gasteiger partial charge in [-0.2, -0.15) is 4.99 Å². The predicted octanol–water partition coefficient (Wildman–Crippen LogP) is 3.30. The van der Waals surface area contributed by atoms with Crippen LogP contribution in [0, 0.1) is 10.1 Å². The smallest absolute Gasteiger partial charge is 0.286 e. The summed E-state index contributed by atoms with van der Waals surface area (Å²) < 4.78 is 7.87. The fourth-order valence-electron chi connectivity index (χ4n) is 2.37. The highest BCUT2D eigenvalue weighted by molar-refractivity contribution is 7.16. The van der Waals surface area contributed by atoms with Crippen molar-refractivity contribution in [1.29, 1.82) is 0 Å². The molecule has 0 spiro atoms. The van der Waals surface area contributed by atoms with Gasteiger partial charge in [0.1, 0.15) is 5.75 Å². The highest BCUT2D eigenvalue weighted by Gasteiger charge is 2.12. The fraction of sp³-hybridized carbons (Fsp3) is 0.111. The lowest BCUT2D eigenvalue weighted by Crippen LogP contribution is -2.19. The van der Waals surface area contributed by atoms with Crippen molar-refractivity contribution in [3.63, 3.8) is 0 Å². The molecule has 0 bridgehead atoms. The van der Waals surface area contributed by atoms with E-state index in [4.69, 9.17) is 4.74 Å². The first kappa shape index (κ1) is 17.6. The number of nitrogens with zero attached hydrogens (tertiary/aromatic N) is 3. The number of fused-ring (bicyclic) bond motifs is 1. The Balaban J connectivity index is 1.92. The van der Waals surface area contributed by atoms with E-state index in [0.29, 0.717) is 21.8 Å². The van der Waals surface area contributed by atoms with Crippen molar-refractivity contribution in [2.75, 3.05) is 6.61 Å². The Hall–Kier alpha value is -3.26. The maximum atomic E-state index is 12.2. The van der Waals surface area contributed by atoms with Crippen LogP contribution in [-0.2, 0) is 11.3 Å². The minimum Gasteiger partial charge on any atom is -0.484 e. The highest BCUT2D eigenvalue weighted by atomic mass is 32.1. The first-order chi connectivity index (χ1) is 12.6. The number of nitro groups is 1. The topological polar surface area (TPSA) is 86.7 Å². The van der Waals surface area contributed by atoms with E-state index < -0.39 is 10.8 Å². The summed E-state index contributed by atoms with van der Waals surface area (Å²) in [5.41, 5.74) is 0.755. The predicted molar refractivity (Wildman–Crippen MR) is 99.2 cm³/mol. The summed E-state index contributed by atoms with van der Waals surface area (Å²) in [7, 11) is 0. The molecule has 1 aromatic heterocycles. The van der Waals surface area contributed by atoms with Crippen LogP contribution in [0.5, 0.6) is 5.75 Å². The molecule has 0 aliphatic rings. The summed E-state index contributed by atoms with van der Waals surface area (Å²) in [6, 6.07) is 13.5. The molecule has 3 aromatic rings. The van der Waals surface area contributed by atoms with E-state index in [2.05, 4.69) is 11.6 Å². The molecule has 0 N–H and O–H groups in total. The van der Waals surface area contributed by atoms with Crippen LogP contribution in [-0.4, -0.2) is 22.0 Å². The molecule has 132 valence electrons. The zero-order chi connectivity index (χ0) is 18.5. The standard InChI is InChI=1S/C18H15N3O4S/c1-2-10-20-15-9-8-13(21(23)24)11-16(15)26-18(20)19-17(22)12-25-14-6-4-3-5-7-14/h2-9,11H,1,10,12H2. The number of aromatic nitrogens is 1. The Morgan fingerprint density at radius 1 is 1.31 bits per heavy atom. The van der Waals surface area contributed by atoms with Gasteiger partial charge in [0.2, 0.25) is 0 Å². The van der Waals surface area contributed by atoms with Crippen LogP contribution in [0.4, 0.5) is 5.69 Å². The molecule has 0 unspecified atom stereocenters. The number of para-hydroxylation sites is 1. The Kier molecular flexibility index (Phi) is 5.23. The third-order valence-corrected chi connectivity index (χ3v) is 4.56. The number of benzene rings is 2. The number of rotatable bonds is 6. The molecule has 0 saturated heterocycles. The fourth-order valence-corrected chi connectivity index (χ4v) is 3.46. The van der Waals surface area contributed by atoms with Gasteiger partial charge < -0.3 is 9.30 Å². The lowest BCUT2D eigenvalue weighted by Gasteiger charge is -2.03. The Bertz CT molecular complexity index is 1040. The van der Waals surface area contributed by atoms with Gasteiger partial charge in [0, 0.05) is 18.7 Å². The molecule has 3 rings (SSSR count). The largest absolute Gasteiger partial charge is 0.484 e. The van der Waals surface area contributed by atoms with E-state index in [9.17, 15) is 14.9 Å². The number of amides is 1. The molecule has 0 fully saturated rings. The minimum atomic E-state index is -0.452. The second-order valence-electron chi connectivity index (χ2n) is 5.30. The van der Waals surface area contributed by atoms with E-state index in [-0.39, 0.29) is 12.3 Å². The number of thiazole rings is 1. The summed E-state index contributed by atoms with van der Waals surface area (Å²) in [6.45, 7) is 3.95. The average Bonchev–Trinajstić information content (AvgIpc) is 2.97. The number of carbonyl (C=O) groups excluding carboxylic acids is 1. The number of hydrogen-bond acceptors (Lipinski definition) is 5. The lowest BCUT2D eigenvalue weighted by atomic mass is 10.3. The van der Waals surface area contributed by atoms with Crippen molar-refractivity contribution in [3.8, 4) is 5.75 Å². The molecule has 7 nitrogen and oxygen atoms in total. The number of carbonyl (C=O) groups is 1. The van der Waals surface area contributed by atoms with Gasteiger partial charge >= 0.3 is 0 Å². The lowest BCUT2D eigenvalue weighted by molar-refractivity contribution is -0.384. The van der Waals surface area contributed by atoms with Gasteiger partial charge in [0.25, 0.3) is 11.6 Å². The number of ether oxygens (including phenoxy) is 1. The average molecular weight is 369 g/mol. The van der Waals surface area contributed by atoms with Crippen molar-refractivity contribution < 1.29 is 14.5 Å². The summed E-state index contributed by atoms with van der Waals surface area (Å²) in [4.78, 5) is 27.2. The molecule has 0 aliphatic carbocycles. The number of non-ortho nitro benzene ring substituents is 1. The quantitative estimate of drug-likeness (QED) is 0.379. The summed E-state index contributed by atoms with van der Waals surface area (Å²) in [6.07, 6.45) is 1.68. The molecule has 26 heavy (non-hydrogen) atoms. The van der Waals surface area contributed by atoms with Gasteiger partial charge in [-0.25, -0.2) is 0 Å². The second-order valence-corrected chi connectivity index (χ2v) is 6.31. The number of hydrogen-bond donors (Lipinski definition) is 0. The van der Waals surface area contributed by atoms with Gasteiger partial charge in [0.15, 0.2) is 11.4 Å². The van der Waals surface area contributed by atoms with Crippen LogP contribution in [0.25, 0.3) is 10.2 Å². The molecule has 1 heterocycles. The zero-order valence-corrected chi connectivity index (χ0v) is 14.5. The SMILES string of the molecule is C=CCn1c(=NC(=O)COc2ccccc2)sc2cc([N+](=O)[O-])ccc21. The number of nitro benzene ring substituents is 1. The Morgan fingerprint density at radius 3 is 2.77 bits per heavy atom. The summed E-state index contributed by atoms with van der Waals surface area (Å²) in [5.74, 6) is 0.148. The highest BCUT2D eigenvalue weighted by Crippen LogP contribution is 2.23. The summed E-state index contributed by atoms with van der Waals surface area (Å²) in [5, 5.41) is 11.0. The maximum absolute atomic E-state index is 12.2. The molecule has 2 aromatic carbocycles. The number of allylic oxidation sites excluding steroid dienone is 1. The van der Waals surface area contributed by atoms with Gasteiger partial charge in [0.05, 0.1) is 15.1 Å². The molecule has 0 radical (unpaired) electrons. The Morgan fingerprint density at radius 2 is 2.08 bits per heavy atom. The molecular weight excluding hydrogens is 354 g/mol. The van der Waals surface area contributed by atoms with Crippen LogP contribution in [0.2, 0.25) is 0 Å². The Labute approximate surface area is 152 Å². The van der Waals surface area contributed by atoms with Crippen LogP contribution in [0.1, 0.15) is 0 Å². The third kappa shape index (κ3) is 3.86. The van der Waals surface area contributed by atoms with E-state index >= 15 is 0 Å². The maximum Gasteiger partial charge on any atom is 0.286 e. The van der Waals surface area contributed by atoms with E-state index in [0.717, 1.165) is 5.52 Å². The van der Waals surface area contributed by atoms with Gasteiger partial charge in [-0.3, -0.25) is 14.9 Å². The van der Waals surface area contributed by atoms with E-state index in [1.54, 1.807) is 28.8 Å². The van der Waals surface area contributed by atoms with E-state index in [1.165, 1.54) is 23.5 Å². The first-order valence-corrected chi connectivity index (χ1v) is 8.54. The first-order valence-electron chi connectivity index (χ1n) is 7.72. The molecule has 8 heteroatoms. The minimum absolute atomic E-state index is 0.00482. The van der Waals surface area contributed by atoms with Crippen molar-refractivity contribution >= 4 is 33.1 Å². The van der Waals surface area contributed by atoms with Crippen LogP contribution in [0.3, 0.4) is 0 Å². The zero-order valence-electron chi connectivity index (χ0n) is 13.7. The molecule has 1 amide bonds. The van der Waals surface area contributed by atoms with Crippen molar-refractivity contribution in [2.45, 2.75) is 6.54 Å². The normalized spacial score (nSPS) is 11.5. The van der Waals surface area contributed by atoms with Crippen LogP contribution >= 0.6 is 11.3 Å². The molecular formula is C18H15N3O4S.